The lowest BCUT2D eigenvalue weighted by atomic mass is 9.75. The quantitative estimate of drug-likeness (QED) is 0.700. The van der Waals surface area contributed by atoms with Crippen LogP contribution in [-0.2, 0) is 26.2 Å². The third kappa shape index (κ3) is 4.26. The topological polar surface area (TPSA) is 88.1 Å². The Morgan fingerprint density at radius 2 is 1.90 bits per heavy atom. The molecule has 1 heterocycles. The highest BCUT2D eigenvalue weighted by molar-refractivity contribution is 7.93. The number of carbonyl (C=O) groups is 1. The molecular formula is C19H24F3N3O4S. The van der Waals surface area contributed by atoms with E-state index in [1.54, 1.807) is 17.7 Å². The van der Waals surface area contributed by atoms with Crippen molar-refractivity contribution in [2.75, 3.05) is 18.4 Å². The number of rotatable bonds is 5. The molecule has 1 spiro atoms. The SMILES string of the molecule is CO/N=C1/C(=O)N(Cc2cc(C)ccc2NS(=O)(=O)C(F)(F)F)CCC12CCCC2. The standard InChI is InChI=1S/C19H24F3N3O4S/c1-13-5-6-15(24-30(27,28)19(20,21)22)14(11-13)12-25-10-9-18(7-3-4-8-18)16(17(25)26)23-29-2/h5-6,11,24H,3-4,7-10,12H2,1-2H3/b23-16-. The summed E-state index contributed by atoms with van der Waals surface area (Å²) in [5.74, 6) is -0.337. The van der Waals surface area contributed by atoms with E-state index in [0.29, 0.717) is 18.7 Å². The number of oxime groups is 1. The fourth-order valence-corrected chi connectivity index (χ4v) is 4.83. The van der Waals surface area contributed by atoms with E-state index in [0.717, 1.165) is 31.2 Å². The van der Waals surface area contributed by atoms with Crippen molar-refractivity contribution in [3.8, 4) is 0 Å². The van der Waals surface area contributed by atoms with Crippen molar-refractivity contribution in [3.05, 3.63) is 29.3 Å². The van der Waals surface area contributed by atoms with Crippen LogP contribution < -0.4 is 4.72 Å². The van der Waals surface area contributed by atoms with Gasteiger partial charge in [-0.05, 0) is 37.8 Å². The van der Waals surface area contributed by atoms with Crippen LogP contribution in [0.4, 0.5) is 18.9 Å². The van der Waals surface area contributed by atoms with E-state index in [1.807, 2.05) is 0 Å². The zero-order valence-corrected chi connectivity index (χ0v) is 17.6. The molecule has 1 aromatic carbocycles. The number of hydrogen-bond donors (Lipinski definition) is 1. The second kappa shape index (κ2) is 8.09. The van der Waals surface area contributed by atoms with Crippen LogP contribution in [0.25, 0.3) is 0 Å². The third-order valence-electron chi connectivity index (χ3n) is 5.77. The zero-order valence-electron chi connectivity index (χ0n) is 16.8. The van der Waals surface area contributed by atoms with E-state index in [2.05, 4.69) is 5.16 Å². The van der Waals surface area contributed by atoms with Gasteiger partial charge in [0.1, 0.15) is 7.11 Å². The smallest absolute Gasteiger partial charge is 0.399 e. The number of halogens is 3. The molecule has 7 nitrogen and oxygen atoms in total. The maximum absolute atomic E-state index is 13.1. The second-order valence-corrected chi connectivity index (χ2v) is 9.47. The molecule has 1 aromatic rings. The first-order valence-corrected chi connectivity index (χ1v) is 11.1. The van der Waals surface area contributed by atoms with Gasteiger partial charge in [-0.2, -0.15) is 21.6 Å². The molecule has 1 amide bonds. The lowest BCUT2D eigenvalue weighted by molar-refractivity contribution is -0.127. The molecule has 1 saturated carbocycles. The summed E-state index contributed by atoms with van der Waals surface area (Å²) in [7, 11) is -4.21. The lowest BCUT2D eigenvalue weighted by Crippen LogP contribution is -2.51. The number of nitrogens with zero attached hydrogens (tertiary/aromatic N) is 2. The van der Waals surface area contributed by atoms with Crippen LogP contribution in [0.2, 0.25) is 0 Å². The van der Waals surface area contributed by atoms with Gasteiger partial charge < -0.3 is 9.74 Å². The maximum atomic E-state index is 13.1. The Balaban J connectivity index is 1.89. The molecule has 30 heavy (non-hydrogen) atoms. The summed E-state index contributed by atoms with van der Waals surface area (Å²) >= 11 is 0. The Morgan fingerprint density at radius 1 is 1.23 bits per heavy atom. The van der Waals surface area contributed by atoms with E-state index in [4.69, 9.17) is 4.84 Å². The monoisotopic (exact) mass is 447 g/mol. The number of aryl methyl sites for hydroxylation is 1. The highest BCUT2D eigenvalue weighted by Gasteiger charge is 2.48. The van der Waals surface area contributed by atoms with E-state index in [-0.39, 0.29) is 29.1 Å². The molecule has 0 atom stereocenters. The molecule has 0 bridgehead atoms. The van der Waals surface area contributed by atoms with E-state index >= 15 is 0 Å². The van der Waals surface area contributed by atoms with Crippen LogP contribution in [-0.4, -0.2) is 44.1 Å². The Bertz CT molecular complexity index is 954. The first-order valence-electron chi connectivity index (χ1n) is 9.59. The average molecular weight is 447 g/mol. The normalized spacial score (nSPS) is 20.8. The van der Waals surface area contributed by atoms with Crippen molar-refractivity contribution < 1.29 is 31.2 Å². The van der Waals surface area contributed by atoms with E-state index < -0.39 is 15.5 Å². The van der Waals surface area contributed by atoms with Crippen molar-refractivity contribution in [2.24, 2.45) is 10.6 Å². The van der Waals surface area contributed by atoms with Crippen LogP contribution in [0.15, 0.2) is 23.4 Å². The summed E-state index contributed by atoms with van der Waals surface area (Å²) < 4.78 is 63.2. The van der Waals surface area contributed by atoms with E-state index in [9.17, 15) is 26.4 Å². The largest absolute Gasteiger partial charge is 0.516 e. The van der Waals surface area contributed by atoms with Crippen LogP contribution >= 0.6 is 0 Å². The Morgan fingerprint density at radius 3 is 2.50 bits per heavy atom. The molecule has 1 N–H and O–H groups in total. The number of likely N-dealkylation sites (tertiary alicyclic amines) is 1. The number of sulfonamides is 1. The molecule has 11 heteroatoms. The summed E-state index contributed by atoms with van der Waals surface area (Å²) in [6, 6.07) is 4.33. The molecule has 0 unspecified atom stereocenters. The number of benzene rings is 1. The zero-order chi connectivity index (χ0) is 22.2. The minimum atomic E-state index is -5.58. The molecule has 1 aliphatic carbocycles. The molecule has 0 aromatic heterocycles. The van der Waals surface area contributed by atoms with Crippen molar-refractivity contribution in [2.45, 2.75) is 51.1 Å². The Hall–Kier alpha value is -2.30. The number of carbonyl (C=O) groups excluding carboxylic acids is 1. The maximum Gasteiger partial charge on any atom is 0.516 e. The highest BCUT2D eigenvalue weighted by atomic mass is 32.2. The molecule has 2 aliphatic rings. The molecule has 2 fully saturated rings. The summed E-state index contributed by atoms with van der Waals surface area (Å²) in [6.45, 7) is 2.09. The van der Waals surface area contributed by atoms with Gasteiger partial charge in [-0.1, -0.05) is 35.7 Å². The molecule has 0 radical (unpaired) electrons. The molecule has 3 rings (SSSR count). The number of anilines is 1. The van der Waals surface area contributed by atoms with Crippen molar-refractivity contribution in [3.63, 3.8) is 0 Å². The fourth-order valence-electron chi connectivity index (χ4n) is 4.22. The third-order valence-corrected chi connectivity index (χ3v) is 6.86. The van der Waals surface area contributed by atoms with Gasteiger partial charge in [0.25, 0.3) is 5.91 Å². The highest BCUT2D eigenvalue weighted by Crippen LogP contribution is 2.45. The molecule has 1 aliphatic heterocycles. The first-order chi connectivity index (χ1) is 14.0. The predicted molar refractivity (Wildman–Crippen MR) is 105 cm³/mol. The van der Waals surface area contributed by atoms with Crippen molar-refractivity contribution >= 4 is 27.3 Å². The van der Waals surface area contributed by atoms with Gasteiger partial charge in [-0.25, -0.2) is 0 Å². The average Bonchev–Trinajstić information content (AvgIpc) is 3.12. The number of piperidine rings is 1. The fraction of sp³-hybridized carbons (Fsp3) is 0.579. The molecule has 166 valence electrons. The van der Waals surface area contributed by atoms with Crippen molar-refractivity contribution in [1.82, 2.24) is 4.90 Å². The Labute approximate surface area is 173 Å². The van der Waals surface area contributed by atoms with Crippen LogP contribution in [0.3, 0.4) is 0 Å². The Kier molecular flexibility index (Phi) is 6.03. The van der Waals surface area contributed by atoms with E-state index in [1.165, 1.54) is 24.1 Å². The first kappa shape index (κ1) is 22.4. The summed E-state index contributed by atoms with van der Waals surface area (Å²) in [4.78, 5) is 19.5. The van der Waals surface area contributed by atoms with Gasteiger partial charge in [-0.15, -0.1) is 0 Å². The summed E-state index contributed by atoms with van der Waals surface area (Å²) in [5, 5.41) is 3.99. The minimum Gasteiger partial charge on any atom is -0.399 e. The van der Waals surface area contributed by atoms with Gasteiger partial charge in [-0.3, -0.25) is 9.52 Å². The molecule has 1 saturated heterocycles. The summed E-state index contributed by atoms with van der Waals surface area (Å²) in [5.41, 5.74) is -4.64. The molecular weight excluding hydrogens is 423 g/mol. The van der Waals surface area contributed by atoms with Gasteiger partial charge in [0, 0.05) is 18.5 Å². The number of nitrogens with one attached hydrogen (secondary N) is 1. The summed E-state index contributed by atoms with van der Waals surface area (Å²) in [6.07, 6.45) is 4.36. The van der Waals surface area contributed by atoms with Gasteiger partial charge in [0.15, 0.2) is 5.71 Å². The van der Waals surface area contributed by atoms with Crippen molar-refractivity contribution in [1.29, 1.82) is 0 Å². The van der Waals surface area contributed by atoms with Gasteiger partial charge >= 0.3 is 15.5 Å². The second-order valence-electron chi connectivity index (χ2n) is 7.80. The van der Waals surface area contributed by atoms with Crippen LogP contribution in [0.5, 0.6) is 0 Å². The minimum absolute atomic E-state index is 0.0466. The van der Waals surface area contributed by atoms with Crippen LogP contribution in [0, 0.1) is 12.3 Å². The van der Waals surface area contributed by atoms with Crippen LogP contribution in [0.1, 0.15) is 43.2 Å². The number of amides is 1. The van der Waals surface area contributed by atoms with Gasteiger partial charge in [0.05, 0.1) is 5.69 Å². The number of alkyl halides is 3. The lowest BCUT2D eigenvalue weighted by Gasteiger charge is -2.39. The van der Waals surface area contributed by atoms with Gasteiger partial charge in [0.2, 0.25) is 0 Å². The number of hydrogen-bond acceptors (Lipinski definition) is 5. The predicted octanol–water partition coefficient (Wildman–Crippen LogP) is 3.55.